The van der Waals surface area contributed by atoms with Crippen molar-refractivity contribution < 1.29 is 9.53 Å². The predicted octanol–water partition coefficient (Wildman–Crippen LogP) is 1.79. The summed E-state index contributed by atoms with van der Waals surface area (Å²) >= 11 is 5.81. The van der Waals surface area contributed by atoms with Crippen LogP contribution in [0.15, 0.2) is 40.7 Å². The number of hydrogen-bond acceptors (Lipinski definition) is 7. The number of ether oxygens (including phenoxy) is 1. The van der Waals surface area contributed by atoms with Crippen molar-refractivity contribution in [2.75, 3.05) is 6.54 Å². The summed E-state index contributed by atoms with van der Waals surface area (Å²) in [4.78, 5) is 16.4. The minimum Gasteiger partial charge on any atom is -0.455 e. The van der Waals surface area contributed by atoms with Crippen molar-refractivity contribution in [2.24, 2.45) is 10.7 Å². The van der Waals surface area contributed by atoms with E-state index in [0.717, 1.165) is 17.1 Å². The molecule has 2 aromatic rings. The zero-order valence-corrected chi connectivity index (χ0v) is 15.2. The van der Waals surface area contributed by atoms with E-state index in [1.165, 1.54) is 0 Å². The third-order valence-electron chi connectivity index (χ3n) is 4.04. The molecule has 2 heterocycles. The summed E-state index contributed by atoms with van der Waals surface area (Å²) in [5.74, 6) is 0.934. The Hall–Kier alpha value is -2.87. The van der Waals surface area contributed by atoms with Gasteiger partial charge < -0.3 is 15.8 Å². The van der Waals surface area contributed by atoms with Gasteiger partial charge in [0.05, 0.1) is 30.2 Å². The first-order valence-electron chi connectivity index (χ1n) is 8.01. The molecule has 3 rings (SSSR count). The number of nitrogens with one attached hydrogen (secondary N) is 1. The maximum atomic E-state index is 12.1. The highest BCUT2D eigenvalue weighted by molar-refractivity contribution is 6.30. The first kappa shape index (κ1) is 17.9. The normalized spacial score (nSPS) is 14.0. The first-order valence-corrected chi connectivity index (χ1v) is 8.39. The van der Waals surface area contributed by atoms with Crippen LogP contribution in [0.5, 0.6) is 0 Å². The van der Waals surface area contributed by atoms with Gasteiger partial charge in [0, 0.05) is 10.6 Å². The number of esters is 1. The van der Waals surface area contributed by atoms with Crippen LogP contribution in [0, 0.1) is 6.92 Å². The molecule has 26 heavy (non-hydrogen) atoms. The maximum Gasteiger partial charge on any atom is 0.338 e. The van der Waals surface area contributed by atoms with E-state index in [4.69, 9.17) is 22.1 Å². The Morgan fingerprint density at radius 1 is 1.35 bits per heavy atom. The van der Waals surface area contributed by atoms with Gasteiger partial charge in [0.1, 0.15) is 18.1 Å². The second-order valence-corrected chi connectivity index (χ2v) is 6.34. The van der Waals surface area contributed by atoms with E-state index in [-0.39, 0.29) is 6.61 Å². The number of halogens is 1. The van der Waals surface area contributed by atoms with Crippen LogP contribution >= 0.6 is 11.6 Å². The van der Waals surface area contributed by atoms with E-state index < -0.39 is 5.97 Å². The van der Waals surface area contributed by atoms with E-state index >= 15 is 0 Å². The second-order valence-electron chi connectivity index (χ2n) is 5.91. The van der Waals surface area contributed by atoms with Gasteiger partial charge in [-0.1, -0.05) is 16.8 Å². The van der Waals surface area contributed by atoms with Gasteiger partial charge in [-0.15, -0.1) is 5.10 Å². The fraction of sp³-hybridized carbons (Fsp3) is 0.294. The van der Waals surface area contributed by atoms with Crippen molar-refractivity contribution in [3.05, 3.63) is 57.6 Å². The van der Waals surface area contributed by atoms with E-state index in [9.17, 15) is 4.79 Å². The lowest BCUT2D eigenvalue weighted by Gasteiger charge is -2.17. The molecular formula is C17H19ClN6O2. The van der Waals surface area contributed by atoms with Gasteiger partial charge in [-0.05, 0) is 38.1 Å². The topological polar surface area (TPSA) is 107 Å². The number of rotatable bonds is 5. The van der Waals surface area contributed by atoms with Crippen molar-refractivity contribution in [3.63, 3.8) is 0 Å². The van der Waals surface area contributed by atoms with Crippen LogP contribution in [0.4, 0.5) is 0 Å². The average Bonchev–Trinajstić information content (AvgIpc) is 2.96. The van der Waals surface area contributed by atoms with Gasteiger partial charge in [-0.3, -0.25) is 4.99 Å². The lowest BCUT2D eigenvalue weighted by molar-refractivity contribution is 0.0467. The minimum absolute atomic E-state index is 0.0390. The van der Waals surface area contributed by atoms with Crippen molar-refractivity contribution in [1.82, 2.24) is 20.3 Å². The molecule has 9 heteroatoms. The van der Waals surface area contributed by atoms with Gasteiger partial charge >= 0.3 is 5.97 Å². The minimum atomic E-state index is -0.441. The number of nitrogens with two attached hydrogens (primary N) is 1. The zero-order chi connectivity index (χ0) is 18.7. The Morgan fingerprint density at radius 3 is 2.77 bits per heavy atom. The average molecular weight is 375 g/mol. The number of carbonyl (C=O) groups is 1. The molecule has 1 aromatic carbocycles. The summed E-state index contributed by atoms with van der Waals surface area (Å²) in [6.45, 7) is 4.76. The molecule has 0 radical (unpaired) electrons. The summed E-state index contributed by atoms with van der Waals surface area (Å²) < 4.78 is 7.02. The second kappa shape index (κ2) is 7.57. The van der Waals surface area contributed by atoms with Gasteiger partial charge in [0.2, 0.25) is 0 Å². The van der Waals surface area contributed by atoms with Crippen molar-refractivity contribution in [1.29, 1.82) is 0 Å². The van der Waals surface area contributed by atoms with Crippen LogP contribution in [-0.4, -0.2) is 33.3 Å². The number of carbonyl (C=O) groups excluding carboxylic acids is 1. The molecule has 0 saturated carbocycles. The smallest absolute Gasteiger partial charge is 0.338 e. The van der Waals surface area contributed by atoms with Gasteiger partial charge in [0.25, 0.3) is 0 Å². The van der Waals surface area contributed by atoms with E-state index in [1.807, 2.05) is 13.8 Å². The molecule has 1 aliphatic rings. The van der Waals surface area contributed by atoms with Crippen LogP contribution in [0.3, 0.4) is 0 Å². The molecule has 0 saturated heterocycles. The summed E-state index contributed by atoms with van der Waals surface area (Å²) in [5, 5.41) is 11.8. The number of hydrogen-bond donors (Lipinski definition) is 2. The largest absolute Gasteiger partial charge is 0.455 e. The van der Waals surface area contributed by atoms with Gasteiger partial charge in [-0.2, -0.15) is 0 Å². The Balaban J connectivity index is 1.63. The zero-order valence-electron chi connectivity index (χ0n) is 14.5. The maximum absolute atomic E-state index is 12.1. The number of aliphatic imine (C=N–C) groups is 1. The molecule has 0 unspecified atom stereocenters. The van der Waals surface area contributed by atoms with Crippen molar-refractivity contribution in [3.8, 4) is 0 Å². The highest BCUT2D eigenvalue weighted by atomic mass is 35.5. The molecule has 0 fully saturated rings. The molecule has 0 aliphatic carbocycles. The lowest BCUT2D eigenvalue weighted by atomic mass is 10.2. The summed E-state index contributed by atoms with van der Waals surface area (Å²) in [6.07, 6.45) is 0. The van der Waals surface area contributed by atoms with Crippen LogP contribution in [0.1, 0.15) is 28.7 Å². The lowest BCUT2D eigenvalue weighted by Crippen LogP contribution is -2.32. The summed E-state index contributed by atoms with van der Waals surface area (Å²) in [5.41, 5.74) is 8.75. The first-order chi connectivity index (χ1) is 12.4. The van der Waals surface area contributed by atoms with E-state index in [0.29, 0.717) is 35.2 Å². The van der Waals surface area contributed by atoms with Crippen LogP contribution in [0.25, 0.3) is 0 Å². The highest BCUT2D eigenvalue weighted by Gasteiger charge is 2.16. The van der Waals surface area contributed by atoms with Crippen molar-refractivity contribution >= 4 is 23.4 Å². The number of amidine groups is 1. The Labute approximate surface area is 155 Å². The predicted molar refractivity (Wildman–Crippen MR) is 97.7 cm³/mol. The molecule has 1 aliphatic heterocycles. The fourth-order valence-corrected chi connectivity index (χ4v) is 2.55. The monoisotopic (exact) mass is 374 g/mol. The van der Waals surface area contributed by atoms with E-state index in [2.05, 4.69) is 20.6 Å². The Bertz CT molecular complexity index is 885. The molecule has 8 nitrogen and oxygen atoms in total. The Kier molecular flexibility index (Phi) is 5.22. The third kappa shape index (κ3) is 4.02. The molecular weight excluding hydrogens is 356 g/mol. The van der Waals surface area contributed by atoms with Crippen molar-refractivity contribution in [2.45, 2.75) is 27.0 Å². The molecule has 3 N–H and O–H groups in total. The standard InChI is InChI=1S/C17H19ClN6O2/c1-10-15(9-26-17(25)12-3-5-14(18)6-4-12)22-23-24(10)8-13-7-20-11(2)21-16(13)19/h3-6H,7-9,19H2,1-2H3,(H,20,21). The quantitative estimate of drug-likeness (QED) is 0.772. The van der Waals surface area contributed by atoms with Gasteiger partial charge in [-0.25, -0.2) is 9.48 Å². The summed E-state index contributed by atoms with van der Waals surface area (Å²) in [6, 6.07) is 6.50. The third-order valence-corrected chi connectivity index (χ3v) is 4.29. The SMILES string of the molecule is CC1=NCC(Cn2nnc(COC(=O)c3ccc(Cl)cc3)c2C)=C(N)N1. The molecule has 0 atom stereocenters. The van der Waals surface area contributed by atoms with E-state index in [1.54, 1.807) is 28.9 Å². The molecule has 0 spiro atoms. The van der Waals surface area contributed by atoms with Gasteiger partial charge in [0.15, 0.2) is 0 Å². The fourth-order valence-electron chi connectivity index (χ4n) is 2.42. The molecule has 1 aromatic heterocycles. The molecule has 0 bridgehead atoms. The highest BCUT2D eigenvalue weighted by Crippen LogP contribution is 2.14. The van der Waals surface area contributed by atoms with Crippen LogP contribution in [0.2, 0.25) is 5.02 Å². The Morgan fingerprint density at radius 2 is 2.08 bits per heavy atom. The van der Waals surface area contributed by atoms with Crippen LogP contribution < -0.4 is 11.1 Å². The summed E-state index contributed by atoms with van der Waals surface area (Å²) in [7, 11) is 0. The number of benzene rings is 1. The number of aromatic nitrogens is 3. The van der Waals surface area contributed by atoms with Crippen LogP contribution in [-0.2, 0) is 17.9 Å². The number of nitrogens with zero attached hydrogens (tertiary/aromatic N) is 4. The molecule has 136 valence electrons. The molecule has 0 amide bonds.